The fourth-order valence-corrected chi connectivity index (χ4v) is 3.94. The number of anilines is 1. The van der Waals surface area contributed by atoms with E-state index in [1.54, 1.807) is 0 Å². The molecule has 2 aliphatic heterocycles. The normalized spacial score (nSPS) is 16.5. The Bertz CT molecular complexity index is 1100. The zero-order chi connectivity index (χ0) is 20.5. The number of benzene rings is 3. The van der Waals surface area contributed by atoms with Crippen molar-refractivity contribution in [2.75, 3.05) is 18.7 Å². The topological polar surface area (TPSA) is 60.0 Å². The smallest absolute Gasteiger partial charge is 0.256 e. The molecule has 1 N–H and O–H groups in total. The number of rotatable bonds is 6. The molecule has 3 aromatic rings. The molecular formula is C24H22N2O4. The van der Waals surface area contributed by atoms with Crippen molar-refractivity contribution in [1.29, 1.82) is 0 Å². The summed E-state index contributed by atoms with van der Waals surface area (Å²) in [7, 11) is 0. The summed E-state index contributed by atoms with van der Waals surface area (Å²) in [5.74, 6) is 2.20. The lowest BCUT2D eigenvalue weighted by atomic mass is 10.1. The third kappa shape index (κ3) is 3.20. The van der Waals surface area contributed by atoms with E-state index in [0.29, 0.717) is 24.5 Å². The Balaban J connectivity index is 1.48. The van der Waals surface area contributed by atoms with Crippen molar-refractivity contribution in [1.82, 2.24) is 4.90 Å². The predicted molar refractivity (Wildman–Crippen MR) is 113 cm³/mol. The first-order chi connectivity index (χ1) is 14.7. The maximum Gasteiger partial charge on any atom is 0.256 e. The van der Waals surface area contributed by atoms with Crippen LogP contribution in [-0.4, -0.2) is 24.2 Å². The van der Waals surface area contributed by atoms with Crippen molar-refractivity contribution in [2.24, 2.45) is 0 Å². The molecule has 0 spiro atoms. The number of hydrogen-bond donors (Lipinski definition) is 1. The second kappa shape index (κ2) is 7.63. The minimum Gasteiger partial charge on any atom is -0.492 e. The summed E-state index contributed by atoms with van der Waals surface area (Å²) in [6, 6.07) is 21.3. The number of carbonyl (C=O) groups is 1. The summed E-state index contributed by atoms with van der Waals surface area (Å²) in [4.78, 5) is 15.1. The van der Waals surface area contributed by atoms with Crippen LogP contribution in [0.1, 0.15) is 34.6 Å². The highest BCUT2D eigenvalue weighted by molar-refractivity contribution is 5.99. The zero-order valence-electron chi connectivity index (χ0n) is 16.6. The van der Waals surface area contributed by atoms with Gasteiger partial charge in [-0.2, -0.15) is 0 Å². The van der Waals surface area contributed by atoms with Crippen molar-refractivity contribution in [3.8, 4) is 17.2 Å². The molecule has 0 saturated carbocycles. The molecule has 0 aromatic heterocycles. The van der Waals surface area contributed by atoms with Crippen molar-refractivity contribution in [3.05, 3.63) is 83.4 Å². The molecule has 5 rings (SSSR count). The highest BCUT2D eigenvalue weighted by Crippen LogP contribution is 2.39. The molecule has 6 nitrogen and oxygen atoms in total. The third-order valence-corrected chi connectivity index (χ3v) is 5.33. The average Bonchev–Trinajstić information content (AvgIpc) is 3.34. The van der Waals surface area contributed by atoms with E-state index in [1.165, 1.54) is 0 Å². The quantitative estimate of drug-likeness (QED) is 0.654. The van der Waals surface area contributed by atoms with E-state index in [0.717, 1.165) is 28.3 Å². The first-order valence-electron chi connectivity index (χ1n) is 10.0. The summed E-state index contributed by atoms with van der Waals surface area (Å²) in [5.41, 5.74) is 3.49. The fraction of sp³-hybridized carbons (Fsp3) is 0.208. The minimum atomic E-state index is -0.305. The Kier molecular flexibility index (Phi) is 4.67. The van der Waals surface area contributed by atoms with Gasteiger partial charge in [0.1, 0.15) is 11.9 Å². The average molecular weight is 402 g/mol. The number of nitrogens with one attached hydrogen (secondary N) is 1. The van der Waals surface area contributed by atoms with Gasteiger partial charge in [0.15, 0.2) is 11.5 Å². The van der Waals surface area contributed by atoms with Gasteiger partial charge in [-0.3, -0.25) is 4.79 Å². The number of nitrogens with zero attached hydrogens (tertiary/aromatic N) is 1. The van der Waals surface area contributed by atoms with E-state index in [4.69, 9.17) is 14.2 Å². The Morgan fingerprint density at radius 1 is 1.03 bits per heavy atom. The first kappa shape index (κ1) is 18.4. The Labute approximate surface area is 175 Å². The van der Waals surface area contributed by atoms with Gasteiger partial charge in [-0.15, -0.1) is 0 Å². The Hall–Kier alpha value is -3.67. The molecule has 0 fully saturated rings. The minimum absolute atomic E-state index is 0.00495. The van der Waals surface area contributed by atoms with Crippen LogP contribution in [0.5, 0.6) is 17.2 Å². The molecule has 1 unspecified atom stereocenters. The van der Waals surface area contributed by atoms with Crippen molar-refractivity contribution >= 4 is 11.6 Å². The zero-order valence-corrected chi connectivity index (χ0v) is 16.6. The van der Waals surface area contributed by atoms with Gasteiger partial charge >= 0.3 is 0 Å². The molecule has 0 aliphatic carbocycles. The number of para-hydroxylation sites is 2. The molecule has 0 bridgehead atoms. The number of carbonyl (C=O) groups excluding carboxylic acids is 1. The molecule has 1 atom stereocenters. The van der Waals surface area contributed by atoms with Crippen molar-refractivity contribution < 1.29 is 19.0 Å². The van der Waals surface area contributed by atoms with E-state index in [-0.39, 0.29) is 18.9 Å². The summed E-state index contributed by atoms with van der Waals surface area (Å²) < 4.78 is 16.7. The van der Waals surface area contributed by atoms with E-state index < -0.39 is 0 Å². The lowest BCUT2D eigenvalue weighted by Crippen LogP contribution is -2.32. The van der Waals surface area contributed by atoms with E-state index in [2.05, 4.69) is 5.32 Å². The molecule has 3 aromatic carbocycles. The maximum absolute atomic E-state index is 13.2. The van der Waals surface area contributed by atoms with Crippen LogP contribution in [0.4, 0.5) is 5.69 Å². The highest BCUT2D eigenvalue weighted by atomic mass is 16.7. The monoisotopic (exact) mass is 402 g/mol. The highest BCUT2D eigenvalue weighted by Gasteiger charge is 2.37. The Morgan fingerprint density at radius 3 is 2.73 bits per heavy atom. The SMILES string of the molecule is CCOc1ccccc1NC1c2ccccc2C(=O)N1Cc1ccc2c(c1)OCO2. The number of hydrogen-bond acceptors (Lipinski definition) is 5. The molecule has 2 aliphatic rings. The van der Waals surface area contributed by atoms with Crippen LogP contribution in [0.2, 0.25) is 0 Å². The molecule has 1 amide bonds. The lowest BCUT2D eigenvalue weighted by Gasteiger charge is -2.28. The second-order valence-corrected chi connectivity index (χ2v) is 7.18. The molecule has 2 heterocycles. The number of fused-ring (bicyclic) bond motifs is 2. The lowest BCUT2D eigenvalue weighted by molar-refractivity contribution is 0.0728. The summed E-state index contributed by atoms with van der Waals surface area (Å²) in [6.45, 7) is 3.20. The molecular weight excluding hydrogens is 380 g/mol. The van der Waals surface area contributed by atoms with Crippen molar-refractivity contribution in [2.45, 2.75) is 19.6 Å². The van der Waals surface area contributed by atoms with Crippen LogP contribution < -0.4 is 19.5 Å². The van der Waals surface area contributed by atoms with E-state index >= 15 is 0 Å². The van der Waals surface area contributed by atoms with E-state index in [1.807, 2.05) is 78.6 Å². The first-order valence-corrected chi connectivity index (χ1v) is 10.0. The summed E-state index contributed by atoms with van der Waals surface area (Å²) in [5, 5.41) is 3.53. The predicted octanol–water partition coefficient (Wildman–Crippen LogP) is 4.58. The number of amides is 1. The summed E-state index contributed by atoms with van der Waals surface area (Å²) >= 11 is 0. The molecule has 30 heavy (non-hydrogen) atoms. The van der Waals surface area contributed by atoms with Gasteiger partial charge in [0.25, 0.3) is 5.91 Å². The molecule has 0 radical (unpaired) electrons. The van der Waals surface area contributed by atoms with Gasteiger partial charge in [0.2, 0.25) is 6.79 Å². The molecule has 152 valence electrons. The van der Waals surface area contributed by atoms with Gasteiger partial charge in [0.05, 0.1) is 12.3 Å². The largest absolute Gasteiger partial charge is 0.492 e. The van der Waals surface area contributed by atoms with Crippen LogP contribution in [0, 0.1) is 0 Å². The van der Waals surface area contributed by atoms with Gasteiger partial charge in [-0.1, -0.05) is 36.4 Å². The van der Waals surface area contributed by atoms with Gasteiger partial charge in [-0.25, -0.2) is 0 Å². The number of ether oxygens (including phenoxy) is 3. The third-order valence-electron chi connectivity index (χ3n) is 5.33. The van der Waals surface area contributed by atoms with Crippen LogP contribution in [-0.2, 0) is 6.54 Å². The van der Waals surface area contributed by atoms with E-state index in [9.17, 15) is 4.79 Å². The van der Waals surface area contributed by atoms with Crippen LogP contribution in [0.3, 0.4) is 0 Å². The standard InChI is InChI=1S/C24H22N2O4/c1-2-28-20-10-6-5-9-19(20)25-23-17-7-3-4-8-18(17)24(27)26(23)14-16-11-12-21-22(13-16)30-15-29-21/h3-13,23,25H,2,14-15H2,1H3. The maximum atomic E-state index is 13.2. The van der Waals surface area contributed by atoms with Crippen LogP contribution in [0.15, 0.2) is 66.7 Å². The van der Waals surface area contributed by atoms with Crippen LogP contribution in [0.25, 0.3) is 0 Å². The summed E-state index contributed by atoms with van der Waals surface area (Å²) in [6.07, 6.45) is -0.305. The van der Waals surface area contributed by atoms with Crippen molar-refractivity contribution in [3.63, 3.8) is 0 Å². The second-order valence-electron chi connectivity index (χ2n) is 7.18. The molecule has 6 heteroatoms. The fourth-order valence-electron chi connectivity index (χ4n) is 3.94. The Morgan fingerprint density at radius 2 is 1.83 bits per heavy atom. The van der Waals surface area contributed by atoms with Crippen LogP contribution >= 0.6 is 0 Å². The van der Waals surface area contributed by atoms with Gasteiger partial charge in [-0.05, 0) is 42.8 Å². The van der Waals surface area contributed by atoms with Gasteiger partial charge < -0.3 is 24.4 Å². The van der Waals surface area contributed by atoms with Gasteiger partial charge in [0, 0.05) is 17.7 Å². The molecule has 0 saturated heterocycles.